The minimum absolute atomic E-state index is 0.0776. The third-order valence-corrected chi connectivity index (χ3v) is 4.04. The van der Waals surface area contributed by atoms with Crippen LogP contribution < -0.4 is 4.72 Å². The van der Waals surface area contributed by atoms with Gasteiger partial charge in [-0.1, -0.05) is 0 Å². The number of benzene rings is 1. The Hall–Kier alpha value is -1.84. The van der Waals surface area contributed by atoms with Gasteiger partial charge in [0.25, 0.3) is 5.91 Å². The third-order valence-electron chi connectivity index (χ3n) is 2.94. The highest BCUT2D eigenvalue weighted by Gasteiger charge is 2.46. The van der Waals surface area contributed by atoms with Crippen molar-refractivity contribution in [3.05, 3.63) is 28.6 Å². The molecule has 0 spiro atoms. The quantitative estimate of drug-likeness (QED) is 0.858. The molecular formula is C12H14F4N2O3S. The van der Waals surface area contributed by atoms with Crippen LogP contribution in [0.15, 0.2) is 6.07 Å². The number of nitrogens with zero attached hydrogens (tertiary/aromatic N) is 1. The lowest BCUT2D eigenvalue weighted by Gasteiger charge is -2.18. The molecule has 22 heavy (non-hydrogen) atoms. The highest BCUT2D eigenvalue weighted by Crippen LogP contribution is 2.30. The number of sulfonamides is 1. The second kappa shape index (κ2) is 5.75. The zero-order valence-electron chi connectivity index (χ0n) is 12.2. The zero-order valence-corrected chi connectivity index (χ0v) is 13.0. The molecule has 5 nitrogen and oxygen atoms in total. The van der Waals surface area contributed by atoms with Gasteiger partial charge < -0.3 is 4.90 Å². The second-order valence-electron chi connectivity index (χ2n) is 4.79. The minimum atomic E-state index is -5.71. The average molecular weight is 342 g/mol. The van der Waals surface area contributed by atoms with Crippen LogP contribution in [0.1, 0.15) is 21.5 Å². The Balaban J connectivity index is 3.49. The molecule has 0 atom stereocenters. The first-order chi connectivity index (χ1) is 9.79. The molecule has 1 amide bonds. The lowest BCUT2D eigenvalue weighted by atomic mass is 10.0. The smallest absolute Gasteiger partial charge is 0.345 e. The molecule has 0 aromatic heterocycles. The summed E-state index contributed by atoms with van der Waals surface area (Å²) in [4.78, 5) is 13.0. The number of rotatable bonds is 3. The van der Waals surface area contributed by atoms with Crippen molar-refractivity contribution in [1.82, 2.24) is 4.90 Å². The fourth-order valence-electron chi connectivity index (χ4n) is 1.65. The molecule has 1 N–H and O–H groups in total. The molecule has 0 aliphatic rings. The summed E-state index contributed by atoms with van der Waals surface area (Å²) in [7, 11) is -2.96. The van der Waals surface area contributed by atoms with Crippen molar-refractivity contribution in [1.29, 1.82) is 0 Å². The molecule has 1 aromatic rings. The van der Waals surface area contributed by atoms with Crippen LogP contribution in [0.4, 0.5) is 23.2 Å². The molecule has 0 bridgehead atoms. The molecule has 124 valence electrons. The molecule has 1 rings (SSSR count). The van der Waals surface area contributed by atoms with E-state index in [-0.39, 0.29) is 16.7 Å². The minimum Gasteiger partial charge on any atom is -0.345 e. The summed E-state index contributed by atoms with van der Waals surface area (Å²) in [5.74, 6) is -1.61. The Morgan fingerprint density at radius 3 is 2.09 bits per heavy atom. The van der Waals surface area contributed by atoms with Crippen molar-refractivity contribution < 1.29 is 30.8 Å². The van der Waals surface area contributed by atoms with Crippen LogP contribution >= 0.6 is 0 Å². The first-order valence-corrected chi connectivity index (χ1v) is 7.38. The van der Waals surface area contributed by atoms with Crippen molar-refractivity contribution in [2.75, 3.05) is 18.8 Å². The van der Waals surface area contributed by atoms with Crippen LogP contribution in [0.25, 0.3) is 0 Å². The van der Waals surface area contributed by atoms with Gasteiger partial charge in [-0.05, 0) is 25.5 Å². The van der Waals surface area contributed by atoms with Crippen molar-refractivity contribution in [3.8, 4) is 0 Å². The fraction of sp³-hybridized carbons (Fsp3) is 0.417. The van der Waals surface area contributed by atoms with E-state index >= 15 is 0 Å². The van der Waals surface area contributed by atoms with E-state index in [1.54, 1.807) is 0 Å². The van der Waals surface area contributed by atoms with Crippen LogP contribution in [0.3, 0.4) is 0 Å². The summed E-state index contributed by atoms with van der Waals surface area (Å²) < 4.78 is 74.8. The van der Waals surface area contributed by atoms with E-state index in [0.717, 1.165) is 17.9 Å². The molecule has 0 heterocycles. The Morgan fingerprint density at radius 2 is 1.68 bits per heavy atom. The molecule has 0 unspecified atom stereocenters. The van der Waals surface area contributed by atoms with E-state index in [9.17, 15) is 30.8 Å². The highest BCUT2D eigenvalue weighted by atomic mass is 32.2. The van der Waals surface area contributed by atoms with Gasteiger partial charge in [-0.2, -0.15) is 21.6 Å². The molecule has 0 aliphatic heterocycles. The third kappa shape index (κ3) is 3.32. The van der Waals surface area contributed by atoms with E-state index in [1.807, 2.05) is 0 Å². The lowest BCUT2D eigenvalue weighted by Crippen LogP contribution is -2.31. The number of carbonyl (C=O) groups is 1. The molecule has 10 heteroatoms. The predicted octanol–water partition coefficient (Wildman–Crippen LogP) is 2.41. The number of nitrogens with one attached hydrogen (secondary N) is 1. The summed E-state index contributed by atoms with van der Waals surface area (Å²) in [6, 6.07) is 0.888. The van der Waals surface area contributed by atoms with Gasteiger partial charge in [0.15, 0.2) is 0 Å². The molecule has 1 aromatic carbocycles. The van der Waals surface area contributed by atoms with Crippen LogP contribution in [0.5, 0.6) is 0 Å². The van der Waals surface area contributed by atoms with Gasteiger partial charge in [-0.25, -0.2) is 4.39 Å². The second-order valence-corrected chi connectivity index (χ2v) is 6.46. The summed E-state index contributed by atoms with van der Waals surface area (Å²) in [6.45, 7) is 2.39. The highest BCUT2D eigenvalue weighted by molar-refractivity contribution is 7.93. The number of halogens is 4. The molecule has 0 radical (unpaired) electrons. The van der Waals surface area contributed by atoms with Gasteiger partial charge in [0.2, 0.25) is 0 Å². The first-order valence-electron chi connectivity index (χ1n) is 5.90. The maximum absolute atomic E-state index is 14.1. The van der Waals surface area contributed by atoms with Gasteiger partial charge in [-0.15, -0.1) is 0 Å². The number of hydrogen-bond acceptors (Lipinski definition) is 3. The molecule has 0 aliphatic carbocycles. The SMILES string of the molecule is Cc1c(NS(=O)(=O)C(F)(F)F)cc(C(=O)N(C)C)c(C)c1F. The normalized spacial score (nSPS) is 12.2. The molecule has 0 fully saturated rings. The van der Waals surface area contributed by atoms with E-state index in [1.165, 1.54) is 25.7 Å². The van der Waals surface area contributed by atoms with E-state index in [4.69, 9.17) is 0 Å². The van der Waals surface area contributed by atoms with E-state index in [0.29, 0.717) is 0 Å². The summed E-state index contributed by atoms with van der Waals surface area (Å²) in [5, 5.41) is 0. The van der Waals surface area contributed by atoms with Crippen LogP contribution in [0, 0.1) is 19.7 Å². The van der Waals surface area contributed by atoms with E-state index < -0.39 is 32.9 Å². The van der Waals surface area contributed by atoms with Gasteiger partial charge in [-0.3, -0.25) is 9.52 Å². The Morgan fingerprint density at radius 1 is 1.18 bits per heavy atom. The van der Waals surface area contributed by atoms with Gasteiger partial charge in [0, 0.05) is 25.2 Å². The lowest BCUT2D eigenvalue weighted by molar-refractivity contribution is -0.0429. The summed E-state index contributed by atoms with van der Waals surface area (Å²) in [5.41, 5.74) is -6.82. The predicted molar refractivity (Wildman–Crippen MR) is 72.5 cm³/mol. The Bertz CT molecular complexity index is 712. The van der Waals surface area contributed by atoms with Crippen LogP contribution in [0.2, 0.25) is 0 Å². The molecule has 0 saturated heterocycles. The standard InChI is InChI=1S/C12H14F4N2O3S/c1-6-8(11(19)18(3)4)5-9(7(2)10(6)13)17-22(20,21)12(14,15)16/h5,17H,1-4H3. The van der Waals surface area contributed by atoms with Crippen molar-refractivity contribution >= 4 is 21.6 Å². The largest absolute Gasteiger partial charge is 0.516 e. The number of alkyl halides is 3. The number of anilines is 1. The van der Waals surface area contributed by atoms with Gasteiger partial charge >= 0.3 is 15.5 Å². The Kier molecular flexibility index (Phi) is 4.76. The average Bonchev–Trinajstić information content (AvgIpc) is 2.37. The topological polar surface area (TPSA) is 66.5 Å². The first kappa shape index (κ1) is 18.2. The maximum atomic E-state index is 14.1. The van der Waals surface area contributed by atoms with E-state index in [2.05, 4.69) is 0 Å². The van der Waals surface area contributed by atoms with Crippen molar-refractivity contribution in [2.24, 2.45) is 0 Å². The number of carbonyl (C=O) groups excluding carboxylic acids is 1. The number of hydrogen-bond donors (Lipinski definition) is 1. The van der Waals surface area contributed by atoms with Crippen LogP contribution in [-0.2, 0) is 10.0 Å². The molecule has 0 saturated carbocycles. The van der Waals surface area contributed by atoms with Crippen molar-refractivity contribution in [2.45, 2.75) is 19.4 Å². The Labute approximate surface area is 125 Å². The fourth-order valence-corrected chi connectivity index (χ4v) is 2.27. The summed E-state index contributed by atoms with van der Waals surface area (Å²) >= 11 is 0. The zero-order chi connectivity index (χ0) is 17.5. The van der Waals surface area contributed by atoms with Gasteiger partial charge in [0.05, 0.1) is 5.69 Å². The molecular weight excluding hydrogens is 328 g/mol. The van der Waals surface area contributed by atoms with Gasteiger partial charge in [0.1, 0.15) is 5.82 Å². The monoisotopic (exact) mass is 342 g/mol. The maximum Gasteiger partial charge on any atom is 0.516 e. The summed E-state index contributed by atoms with van der Waals surface area (Å²) in [6.07, 6.45) is 0. The van der Waals surface area contributed by atoms with Crippen molar-refractivity contribution in [3.63, 3.8) is 0 Å². The van der Waals surface area contributed by atoms with Crippen LogP contribution in [-0.4, -0.2) is 38.8 Å². The number of amides is 1.